The Hall–Kier alpha value is -0.210. The molecule has 0 aromatic rings. The fraction of sp³-hybridized carbons (Fsp3) is 0.600. The summed E-state index contributed by atoms with van der Waals surface area (Å²) in [6.07, 6.45) is 0.454. The Morgan fingerprint density at radius 2 is 2.18 bits per heavy atom. The van der Waals surface area contributed by atoms with Gasteiger partial charge in [0.25, 0.3) is 0 Å². The number of carbonyl (C=O) groups excluding carboxylic acids is 1. The average Bonchev–Trinajstić information content (AvgIpc) is 1.87. The molecule has 0 aromatic heterocycles. The van der Waals surface area contributed by atoms with Crippen LogP contribution in [0.4, 0.5) is 0 Å². The van der Waals surface area contributed by atoms with Crippen LogP contribution in [-0.2, 0) is 9.59 Å². The van der Waals surface area contributed by atoms with Gasteiger partial charge in [-0.2, -0.15) is 0 Å². The van der Waals surface area contributed by atoms with Crippen LogP contribution in [0.25, 0.3) is 0 Å². The SMILES string of the molecule is NNC(CCC(=O)I)C(=O)O. The molecule has 4 N–H and O–H groups in total. The summed E-state index contributed by atoms with van der Waals surface area (Å²) in [6.45, 7) is 0. The largest absolute Gasteiger partial charge is 0.480 e. The first kappa shape index (κ1) is 10.8. The van der Waals surface area contributed by atoms with Crippen molar-refractivity contribution in [2.75, 3.05) is 0 Å². The molecule has 0 fully saturated rings. The minimum Gasteiger partial charge on any atom is -0.480 e. The van der Waals surface area contributed by atoms with Crippen molar-refractivity contribution in [1.82, 2.24) is 5.43 Å². The molecule has 1 atom stereocenters. The van der Waals surface area contributed by atoms with Gasteiger partial charge in [0.1, 0.15) is 6.04 Å². The van der Waals surface area contributed by atoms with Gasteiger partial charge in [0, 0.05) is 6.42 Å². The van der Waals surface area contributed by atoms with Crippen molar-refractivity contribution in [1.29, 1.82) is 0 Å². The zero-order valence-corrected chi connectivity index (χ0v) is 7.87. The maximum Gasteiger partial charge on any atom is 0.322 e. The number of hydrogen-bond acceptors (Lipinski definition) is 4. The van der Waals surface area contributed by atoms with Crippen molar-refractivity contribution in [2.45, 2.75) is 18.9 Å². The van der Waals surface area contributed by atoms with Crippen LogP contribution < -0.4 is 11.3 Å². The predicted molar refractivity (Wildman–Crippen MR) is 47.0 cm³/mol. The minimum atomic E-state index is -1.04. The maximum absolute atomic E-state index is 10.4. The summed E-state index contributed by atoms with van der Waals surface area (Å²) in [5.74, 6) is 3.88. The van der Waals surface area contributed by atoms with Gasteiger partial charge >= 0.3 is 5.97 Å². The van der Waals surface area contributed by atoms with Crippen molar-refractivity contribution in [2.24, 2.45) is 5.84 Å². The second kappa shape index (κ2) is 5.44. The van der Waals surface area contributed by atoms with Crippen LogP contribution >= 0.6 is 22.6 Å². The summed E-state index contributed by atoms with van der Waals surface area (Å²) in [7, 11) is 0. The highest BCUT2D eigenvalue weighted by molar-refractivity contribution is 14.1. The summed E-state index contributed by atoms with van der Waals surface area (Å²) < 4.78 is -0.0656. The smallest absolute Gasteiger partial charge is 0.322 e. The van der Waals surface area contributed by atoms with Gasteiger partial charge in [-0.25, -0.2) is 5.43 Å². The van der Waals surface area contributed by atoms with Gasteiger partial charge in [-0.15, -0.1) is 0 Å². The fourth-order valence-electron chi connectivity index (χ4n) is 0.536. The van der Waals surface area contributed by atoms with Gasteiger partial charge in [-0.05, 0) is 29.0 Å². The standard InChI is InChI=1S/C5H9IN2O3/c6-4(9)2-1-3(8-7)5(10)11/h3,8H,1-2,7H2,(H,10,11). The molecular weight excluding hydrogens is 263 g/mol. The number of carbonyl (C=O) groups is 2. The highest BCUT2D eigenvalue weighted by Gasteiger charge is 2.15. The molecule has 0 aliphatic rings. The Balaban J connectivity index is 3.70. The molecule has 0 heterocycles. The Kier molecular flexibility index (Phi) is 5.34. The van der Waals surface area contributed by atoms with E-state index in [0.29, 0.717) is 0 Å². The molecule has 0 aliphatic heterocycles. The van der Waals surface area contributed by atoms with Crippen LogP contribution in [0.5, 0.6) is 0 Å². The zero-order chi connectivity index (χ0) is 8.85. The number of carboxylic acids is 1. The molecule has 1 unspecified atom stereocenters. The molecule has 0 spiro atoms. The molecule has 0 bridgehead atoms. The van der Waals surface area contributed by atoms with Crippen molar-refractivity contribution < 1.29 is 14.7 Å². The highest BCUT2D eigenvalue weighted by Crippen LogP contribution is 2.01. The van der Waals surface area contributed by atoms with E-state index in [1.807, 2.05) is 0 Å². The number of hydrogen-bond donors (Lipinski definition) is 3. The van der Waals surface area contributed by atoms with Crippen molar-refractivity contribution in [3.63, 3.8) is 0 Å². The van der Waals surface area contributed by atoms with Gasteiger partial charge in [0.2, 0.25) is 0 Å². The normalized spacial score (nSPS) is 12.5. The highest BCUT2D eigenvalue weighted by atomic mass is 127. The summed E-state index contributed by atoms with van der Waals surface area (Å²) in [6, 6.07) is -0.825. The molecule has 0 radical (unpaired) electrons. The third-order valence-corrected chi connectivity index (χ3v) is 1.67. The van der Waals surface area contributed by atoms with E-state index >= 15 is 0 Å². The molecule has 0 amide bonds. The second-order valence-electron chi connectivity index (χ2n) is 1.95. The molecule has 0 saturated heterocycles. The number of carboxylic acid groups (broad SMARTS) is 1. The molecule has 5 nitrogen and oxygen atoms in total. The molecule has 0 aromatic carbocycles. The van der Waals surface area contributed by atoms with E-state index in [4.69, 9.17) is 10.9 Å². The fourth-order valence-corrected chi connectivity index (χ4v) is 0.847. The summed E-state index contributed by atoms with van der Waals surface area (Å²) in [4.78, 5) is 20.7. The summed E-state index contributed by atoms with van der Waals surface area (Å²) >= 11 is 1.62. The quantitative estimate of drug-likeness (QED) is 0.275. The molecule has 0 rings (SSSR count). The predicted octanol–water partition coefficient (Wildman–Crippen LogP) is -0.355. The van der Waals surface area contributed by atoms with E-state index in [2.05, 4.69) is 5.43 Å². The Morgan fingerprint density at radius 1 is 1.64 bits per heavy atom. The van der Waals surface area contributed by atoms with Gasteiger partial charge < -0.3 is 5.11 Å². The molecule has 11 heavy (non-hydrogen) atoms. The number of hydrazine groups is 1. The van der Waals surface area contributed by atoms with E-state index in [9.17, 15) is 9.59 Å². The zero-order valence-electron chi connectivity index (χ0n) is 5.71. The number of nitrogens with one attached hydrogen (secondary N) is 1. The number of nitrogens with two attached hydrogens (primary N) is 1. The van der Waals surface area contributed by atoms with Crippen molar-refractivity contribution in [3.8, 4) is 0 Å². The van der Waals surface area contributed by atoms with Crippen LogP contribution in [0.1, 0.15) is 12.8 Å². The molecule has 64 valence electrons. The second-order valence-corrected chi connectivity index (χ2v) is 3.15. The Bertz CT molecular complexity index is 162. The molecule has 0 saturated carbocycles. The van der Waals surface area contributed by atoms with Crippen LogP contribution in [0, 0.1) is 0 Å². The average molecular weight is 272 g/mol. The van der Waals surface area contributed by atoms with E-state index in [1.165, 1.54) is 0 Å². The van der Waals surface area contributed by atoms with Gasteiger partial charge in [0.15, 0.2) is 3.79 Å². The summed E-state index contributed by atoms with van der Waals surface area (Å²) in [5, 5.41) is 8.43. The number of halogens is 1. The van der Waals surface area contributed by atoms with Crippen LogP contribution in [0.15, 0.2) is 0 Å². The minimum absolute atomic E-state index is 0.0656. The van der Waals surface area contributed by atoms with E-state index in [1.54, 1.807) is 22.6 Å². The lowest BCUT2D eigenvalue weighted by atomic mass is 10.2. The maximum atomic E-state index is 10.4. The number of rotatable bonds is 5. The van der Waals surface area contributed by atoms with Crippen LogP contribution in [0.2, 0.25) is 0 Å². The van der Waals surface area contributed by atoms with Gasteiger partial charge in [-0.1, -0.05) is 0 Å². The molecular formula is C5H9IN2O3. The lowest BCUT2D eigenvalue weighted by molar-refractivity contribution is -0.139. The Morgan fingerprint density at radius 3 is 2.45 bits per heavy atom. The lowest BCUT2D eigenvalue weighted by Crippen LogP contribution is -2.41. The lowest BCUT2D eigenvalue weighted by Gasteiger charge is -2.07. The van der Waals surface area contributed by atoms with Gasteiger partial charge in [-0.3, -0.25) is 15.4 Å². The first-order valence-electron chi connectivity index (χ1n) is 2.95. The van der Waals surface area contributed by atoms with Gasteiger partial charge in [0.05, 0.1) is 0 Å². The van der Waals surface area contributed by atoms with E-state index in [0.717, 1.165) is 0 Å². The topological polar surface area (TPSA) is 92.4 Å². The van der Waals surface area contributed by atoms with E-state index in [-0.39, 0.29) is 16.6 Å². The molecule has 0 aliphatic carbocycles. The van der Waals surface area contributed by atoms with Crippen LogP contribution in [-0.4, -0.2) is 20.9 Å². The summed E-state index contributed by atoms with van der Waals surface area (Å²) in [5.41, 5.74) is 2.10. The Labute approximate surface area is 77.4 Å². The monoisotopic (exact) mass is 272 g/mol. The first-order valence-corrected chi connectivity index (χ1v) is 4.03. The van der Waals surface area contributed by atoms with Crippen LogP contribution in [0.3, 0.4) is 0 Å². The number of aliphatic carboxylic acids is 1. The van der Waals surface area contributed by atoms with E-state index < -0.39 is 12.0 Å². The third kappa shape index (κ3) is 5.10. The van der Waals surface area contributed by atoms with Crippen molar-refractivity contribution >= 4 is 32.4 Å². The first-order chi connectivity index (χ1) is 5.07. The molecule has 6 heteroatoms. The van der Waals surface area contributed by atoms with Crippen molar-refractivity contribution in [3.05, 3.63) is 0 Å². The third-order valence-electron chi connectivity index (χ3n) is 1.13.